The molecule has 1 aromatic heterocycles. The van der Waals surface area contributed by atoms with Crippen molar-refractivity contribution < 1.29 is 0 Å². The summed E-state index contributed by atoms with van der Waals surface area (Å²) in [4.78, 5) is 7.12. The smallest absolute Gasteiger partial charge is 0.201 e. The number of para-hydroxylation sites is 1. The van der Waals surface area contributed by atoms with Crippen LogP contribution in [0.2, 0.25) is 0 Å². The molecular weight excluding hydrogens is 236 g/mol. The Morgan fingerprint density at radius 3 is 2.74 bits per heavy atom. The molecule has 3 saturated heterocycles. The van der Waals surface area contributed by atoms with Crippen LogP contribution in [0.15, 0.2) is 18.2 Å². The highest BCUT2D eigenvalue weighted by molar-refractivity contribution is 5.81. The molecule has 4 heteroatoms. The van der Waals surface area contributed by atoms with E-state index < -0.39 is 0 Å². The van der Waals surface area contributed by atoms with Gasteiger partial charge in [0.2, 0.25) is 5.95 Å². The Balaban J connectivity index is 1.89. The Hall–Kier alpha value is -1.55. The average Bonchev–Trinajstić information content (AvgIpc) is 2.77. The number of aromatic nitrogens is 2. The summed E-state index contributed by atoms with van der Waals surface area (Å²) in [5.41, 5.74) is 9.77. The van der Waals surface area contributed by atoms with Gasteiger partial charge in [-0.1, -0.05) is 12.1 Å². The number of benzene rings is 1. The van der Waals surface area contributed by atoms with Crippen LogP contribution < -0.4 is 5.73 Å². The standard InChI is InChI=1S/C15H20N4/c1-10-3-2-4-12-14(10)19(15(16)17-12)13-9-18-7-5-11(13)6-8-18/h2-4,11,13H,5-9H2,1H3,(H2,16,17). The van der Waals surface area contributed by atoms with Gasteiger partial charge < -0.3 is 15.2 Å². The van der Waals surface area contributed by atoms with E-state index in [1.54, 1.807) is 0 Å². The molecule has 4 nitrogen and oxygen atoms in total. The van der Waals surface area contributed by atoms with Crippen LogP contribution in [-0.4, -0.2) is 34.1 Å². The van der Waals surface area contributed by atoms with Crippen LogP contribution in [-0.2, 0) is 0 Å². The minimum absolute atomic E-state index is 0.508. The summed E-state index contributed by atoms with van der Waals surface area (Å²) < 4.78 is 2.31. The Morgan fingerprint density at radius 1 is 1.26 bits per heavy atom. The lowest BCUT2D eigenvalue weighted by Crippen LogP contribution is -2.48. The summed E-state index contributed by atoms with van der Waals surface area (Å²) >= 11 is 0. The van der Waals surface area contributed by atoms with Gasteiger partial charge in [-0.15, -0.1) is 0 Å². The first kappa shape index (κ1) is 11.3. The number of rotatable bonds is 1. The minimum Gasteiger partial charge on any atom is -0.369 e. The number of hydrogen-bond donors (Lipinski definition) is 1. The topological polar surface area (TPSA) is 47.1 Å². The summed E-state index contributed by atoms with van der Waals surface area (Å²) in [5, 5.41) is 0. The Bertz CT molecular complexity index is 622. The number of fused-ring (bicyclic) bond motifs is 4. The zero-order valence-corrected chi connectivity index (χ0v) is 11.3. The van der Waals surface area contributed by atoms with Gasteiger partial charge in [-0.3, -0.25) is 0 Å². The molecule has 1 aromatic carbocycles. The first-order valence-corrected chi connectivity index (χ1v) is 7.19. The van der Waals surface area contributed by atoms with E-state index in [0.717, 1.165) is 18.0 Å². The van der Waals surface area contributed by atoms with Gasteiger partial charge in [-0.25, -0.2) is 4.98 Å². The van der Waals surface area contributed by atoms with Crippen LogP contribution in [0.3, 0.4) is 0 Å². The maximum absolute atomic E-state index is 6.22. The number of nitrogens with two attached hydrogens (primary N) is 1. The molecule has 4 heterocycles. The van der Waals surface area contributed by atoms with Gasteiger partial charge in [-0.05, 0) is 50.4 Å². The van der Waals surface area contributed by atoms with E-state index in [4.69, 9.17) is 5.73 Å². The molecule has 1 atom stereocenters. The second-order valence-corrected chi connectivity index (χ2v) is 5.99. The first-order valence-electron chi connectivity index (χ1n) is 7.19. The van der Waals surface area contributed by atoms with Crippen LogP contribution in [0, 0.1) is 12.8 Å². The zero-order valence-electron chi connectivity index (χ0n) is 11.3. The molecule has 0 amide bonds. The van der Waals surface area contributed by atoms with Gasteiger partial charge in [0.25, 0.3) is 0 Å². The molecule has 0 saturated carbocycles. The molecule has 100 valence electrons. The Kier molecular flexibility index (Phi) is 2.36. The Labute approximate surface area is 113 Å². The normalized spacial score (nSPS) is 30.1. The number of hydrogen-bond acceptors (Lipinski definition) is 3. The quantitative estimate of drug-likeness (QED) is 0.851. The number of aryl methyl sites for hydroxylation is 1. The fourth-order valence-corrected chi connectivity index (χ4v) is 3.90. The van der Waals surface area contributed by atoms with E-state index in [9.17, 15) is 0 Å². The number of nitrogen functional groups attached to an aromatic ring is 1. The molecule has 0 aliphatic carbocycles. The van der Waals surface area contributed by atoms with Crippen molar-refractivity contribution in [3.8, 4) is 0 Å². The van der Waals surface area contributed by atoms with E-state index in [1.165, 1.54) is 37.0 Å². The van der Waals surface area contributed by atoms with Gasteiger partial charge in [0.15, 0.2) is 0 Å². The molecule has 3 aliphatic heterocycles. The van der Waals surface area contributed by atoms with Gasteiger partial charge in [0, 0.05) is 6.54 Å². The highest BCUT2D eigenvalue weighted by Gasteiger charge is 2.36. The van der Waals surface area contributed by atoms with Crippen LogP contribution in [0.25, 0.3) is 11.0 Å². The van der Waals surface area contributed by atoms with Crippen molar-refractivity contribution in [1.82, 2.24) is 14.5 Å². The maximum atomic E-state index is 6.22. The molecule has 0 spiro atoms. The van der Waals surface area contributed by atoms with Crippen molar-refractivity contribution in [2.24, 2.45) is 5.92 Å². The van der Waals surface area contributed by atoms with Crippen LogP contribution in [0.1, 0.15) is 24.4 Å². The zero-order chi connectivity index (χ0) is 13.0. The summed E-state index contributed by atoms with van der Waals surface area (Å²) in [6, 6.07) is 6.79. The van der Waals surface area contributed by atoms with E-state index >= 15 is 0 Å². The van der Waals surface area contributed by atoms with Crippen molar-refractivity contribution in [2.45, 2.75) is 25.8 Å². The summed E-state index contributed by atoms with van der Waals surface area (Å²) in [5.74, 6) is 1.45. The van der Waals surface area contributed by atoms with Crippen molar-refractivity contribution >= 4 is 17.0 Å². The van der Waals surface area contributed by atoms with E-state index in [0.29, 0.717) is 12.0 Å². The third-order valence-electron chi connectivity index (χ3n) is 4.89. The van der Waals surface area contributed by atoms with Gasteiger partial charge >= 0.3 is 0 Å². The van der Waals surface area contributed by atoms with Crippen molar-refractivity contribution in [3.05, 3.63) is 23.8 Å². The number of imidazole rings is 1. The predicted molar refractivity (Wildman–Crippen MR) is 77.1 cm³/mol. The molecule has 3 aliphatic rings. The molecule has 1 unspecified atom stereocenters. The molecule has 2 bridgehead atoms. The van der Waals surface area contributed by atoms with Gasteiger partial charge in [0.05, 0.1) is 17.1 Å². The van der Waals surface area contributed by atoms with E-state index in [-0.39, 0.29) is 0 Å². The second kappa shape index (κ2) is 3.97. The molecule has 5 rings (SSSR count). The molecule has 2 aromatic rings. The molecule has 19 heavy (non-hydrogen) atoms. The van der Waals surface area contributed by atoms with Crippen LogP contribution >= 0.6 is 0 Å². The lowest BCUT2D eigenvalue weighted by Gasteiger charge is -2.45. The summed E-state index contributed by atoms with van der Waals surface area (Å²) in [6.45, 7) is 5.80. The van der Waals surface area contributed by atoms with E-state index in [2.05, 4.69) is 39.6 Å². The number of piperidine rings is 3. The SMILES string of the molecule is Cc1cccc2nc(N)n(C3CN4CCC3CC4)c12. The molecule has 2 N–H and O–H groups in total. The van der Waals surface area contributed by atoms with Crippen LogP contribution in [0.4, 0.5) is 5.95 Å². The van der Waals surface area contributed by atoms with Gasteiger partial charge in [0.1, 0.15) is 0 Å². The number of nitrogens with zero attached hydrogens (tertiary/aromatic N) is 3. The minimum atomic E-state index is 0.508. The molecule has 0 radical (unpaired) electrons. The number of anilines is 1. The third-order valence-corrected chi connectivity index (χ3v) is 4.89. The second-order valence-electron chi connectivity index (χ2n) is 5.99. The van der Waals surface area contributed by atoms with Crippen LogP contribution in [0.5, 0.6) is 0 Å². The highest BCUT2D eigenvalue weighted by atomic mass is 15.2. The largest absolute Gasteiger partial charge is 0.369 e. The fourth-order valence-electron chi connectivity index (χ4n) is 3.90. The molecular formula is C15H20N4. The third kappa shape index (κ3) is 1.59. The van der Waals surface area contributed by atoms with E-state index in [1.807, 2.05) is 0 Å². The lowest BCUT2D eigenvalue weighted by atomic mass is 9.83. The predicted octanol–water partition coefficient (Wildman–Crippen LogP) is 2.19. The first-order chi connectivity index (χ1) is 9.24. The summed E-state index contributed by atoms with van der Waals surface area (Å²) in [6.07, 6.45) is 2.60. The summed E-state index contributed by atoms with van der Waals surface area (Å²) in [7, 11) is 0. The highest BCUT2D eigenvalue weighted by Crippen LogP contribution is 2.39. The van der Waals surface area contributed by atoms with Crippen molar-refractivity contribution in [3.63, 3.8) is 0 Å². The monoisotopic (exact) mass is 256 g/mol. The van der Waals surface area contributed by atoms with Crippen molar-refractivity contribution in [2.75, 3.05) is 25.4 Å². The average molecular weight is 256 g/mol. The van der Waals surface area contributed by atoms with Crippen molar-refractivity contribution in [1.29, 1.82) is 0 Å². The van der Waals surface area contributed by atoms with Gasteiger partial charge in [-0.2, -0.15) is 0 Å². The fraction of sp³-hybridized carbons (Fsp3) is 0.533. The maximum Gasteiger partial charge on any atom is 0.201 e. The lowest BCUT2D eigenvalue weighted by molar-refractivity contribution is 0.0597. The Morgan fingerprint density at radius 2 is 2.05 bits per heavy atom. The molecule has 3 fully saturated rings.